The summed E-state index contributed by atoms with van der Waals surface area (Å²) in [5, 5.41) is 3.58. The number of nitrogens with one attached hydrogen (secondary N) is 1. The summed E-state index contributed by atoms with van der Waals surface area (Å²) in [6.07, 6.45) is 4.29. The number of amides is 1. The van der Waals surface area contributed by atoms with Crippen LogP contribution < -0.4 is 5.32 Å². The van der Waals surface area contributed by atoms with Gasteiger partial charge in [0.15, 0.2) is 5.13 Å². The lowest BCUT2D eigenvalue weighted by molar-refractivity contribution is -0.111. The third-order valence-electron chi connectivity index (χ3n) is 4.52. The predicted molar refractivity (Wildman–Crippen MR) is 118 cm³/mol. The smallest absolute Gasteiger partial charge is 0.250 e. The number of anilines is 1. The lowest BCUT2D eigenvalue weighted by atomic mass is 10.1. The number of thiazole rings is 1. The van der Waals surface area contributed by atoms with Gasteiger partial charge in [-0.25, -0.2) is 4.98 Å². The molecule has 4 rings (SSSR count). The lowest BCUT2D eigenvalue weighted by Gasteiger charge is -2.25. The molecule has 144 valence electrons. The van der Waals surface area contributed by atoms with Crippen LogP contribution in [-0.4, -0.2) is 22.3 Å². The zero-order chi connectivity index (χ0) is 18.5. The molecule has 1 aromatic heterocycles. The van der Waals surface area contributed by atoms with Crippen molar-refractivity contribution in [2.24, 2.45) is 0 Å². The molecule has 0 fully saturated rings. The maximum atomic E-state index is 12.2. The van der Waals surface area contributed by atoms with Crippen molar-refractivity contribution in [1.29, 1.82) is 0 Å². The van der Waals surface area contributed by atoms with Crippen molar-refractivity contribution in [3.8, 4) is 0 Å². The zero-order valence-electron chi connectivity index (χ0n) is 15.4. The molecule has 1 amide bonds. The van der Waals surface area contributed by atoms with E-state index in [4.69, 9.17) is 0 Å². The highest BCUT2D eigenvalue weighted by molar-refractivity contribution is 7.15. The molecule has 0 radical (unpaired) electrons. The Morgan fingerprint density at radius 3 is 2.57 bits per heavy atom. The number of rotatable bonds is 5. The Bertz CT molecular complexity index is 941. The molecule has 1 aliphatic rings. The normalized spacial score (nSPS) is 13.7. The highest BCUT2D eigenvalue weighted by Gasteiger charge is 2.21. The Hall–Kier alpha value is -2.47. The number of carbonyl (C=O) groups is 1. The third kappa shape index (κ3) is 5.29. The van der Waals surface area contributed by atoms with E-state index in [-0.39, 0.29) is 18.3 Å². The molecule has 1 aliphatic heterocycles. The van der Waals surface area contributed by atoms with Crippen LogP contribution in [0.25, 0.3) is 6.08 Å². The molecule has 2 heterocycles. The molecule has 0 bridgehead atoms. The lowest BCUT2D eigenvalue weighted by Crippen LogP contribution is -2.29. The predicted octanol–water partition coefficient (Wildman–Crippen LogP) is 4.78. The van der Waals surface area contributed by atoms with E-state index in [1.807, 2.05) is 42.5 Å². The van der Waals surface area contributed by atoms with Gasteiger partial charge in [0.1, 0.15) is 0 Å². The average molecular weight is 412 g/mol. The monoisotopic (exact) mass is 411 g/mol. The van der Waals surface area contributed by atoms with Crippen LogP contribution in [0, 0.1) is 0 Å². The summed E-state index contributed by atoms with van der Waals surface area (Å²) < 4.78 is 0. The Balaban J connectivity index is 0.00000225. The van der Waals surface area contributed by atoms with Gasteiger partial charge in [-0.1, -0.05) is 60.7 Å². The van der Waals surface area contributed by atoms with Crippen LogP contribution in [-0.2, 0) is 24.3 Å². The van der Waals surface area contributed by atoms with Crippen molar-refractivity contribution in [2.45, 2.75) is 19.5 Å². The van der Waals surface area contributed by atoms with Crippen LogP contribution >= 0.6 is 23.7 Å². The van der Waals surface area contributed by atoms with Crippen LogP contribution in [0.5, 0.6) is 0 Å². The molecule has 0 unspecified atom stereocenters. The van der Waals surface area contributed by atoms with Crippen molar-refractivity contribution in [1.82, 2.24) is 9.88 Å². The molecule has 0 atom stereocenters. The summed E-state index contributed by atoms with van der Waals surface area (Å²) in [6, 6.07) is 20.3. The highest BCUT2D eigenvalue weighted by atomic mass is 35.5. The molecular formula is C22H22ClN3OS. The van der Waals surface area contributed by atoms with Gasteiger partial charge in [-0.2, -0.15) is 0 Å². The third-order valence-corrected chi connectivity index (χ3v) is 5.51. The van der Waals surface area contributed by atoms with Crippen molar-refractivity contribution in [2.75, 3.05) is 11.9 Å². The van der Waals surface area contributed by atoms with E-state index in [0.717, 1.165) is 37.3 Å². The van der Waals surface area contributed by atoms with Crippen LogP contribution in [0.3, 0.4) is 0 Å². The SMILES string of the molecule is Cl.O=C(/C=C/c1ccccc1)Nc1nc2c(s1)CN(Cc1ccccc1)CC2. The fourth-order valence-corrected chi connectivity index (χ4v) is 4.22. The van der Waals surface area contributed by atoms with E-state index < -0.39 is 0 Å². The fraction of sp³-hybridized carbons (Fsp3) is 0.182. The molecular weight excluding hydrogens is 390 g/mol. The standard InChI is InChI=1S/C22H21N3OS.ClH/c26-21(12-11-17-7-3-1-4-8-17)24-22-23-19-13-14-25(16-20(19)27-22)15-18-9-5-2-6-10-18;/h1-12H,13-16H2,(H,23,24,26);1H/b12-11+;. The van der Waals surface area contributed by atoms with Crippen molar-refractivity contribution >= 4 is 40.9 Å². The van der Waals surface area contributed by atoms with Gasteiger partial charge in [-0.05, 0) is 17.2 Å². The summed E-state index contributed by atoms with van der Waals surface area (Å²) in [6.45, 7) is 2.82. The molecule has 0 spiro atoms. The van der Waals surface area contributed by atoms with Crippen LogP contribution in [0.4, 0.5) is 5.13 Å². The second-order valence-electron chi connectivity index (χ2n) is 6.57. The van der Waals surface area contributed by atoms with Crippen LogP contribution in [0.2, 0.25) is 0 Å². The minimum absolute atomic E-state index is 0. The number of nitrogens with zero attached hydrogens (tertiary/aromatic N) is 2. The molecule has 1 N–H and O–H groups in total. The largest absolute Gasteiger partial charge is 0.298 e. The van der Waals surface area contributed by atoms with Crippen LogP contribution in [0.15, 0.2) is 66.7 Å². The number of halogens is 1. The van der Waals surface area contributed by atoms with E-state index in [0.29, 0.717) is 5.13 Å². The minimum Gasteiger partial charge on any atom is -0.298 e. The van der Waals surface area contributed by atoms with Gasteiger partial charge in [-0.3, -0.25) is 15.0 Å². The van der Waals surface area contributed by atoms with Gasteiger partial charge in [-0.15, -0.1) is 23.7 Å². The first-order valence-electron chi connectivity index (χ1n) is 9.05. The fourth-order valence-electron chi connectivity index (χ4n) is 3.16. The maximum Gasteiger partial charge on any atom is 0.250 e. The van der Waals surface area contributed by atoms with Crippen molar-refractivity contribution < 1.29 is 4.79 Å². The summed E-state index contributed by atoms with van der Waals surface area (Å²) in [7, 11) is 0. The van der Waals surface area contributed by atoms with E-state index in [9.17, 15) is 4.79 Å². The second kappa shape index (κ2) is 9.64. The molecule has 6 heteroatoms. The Morgan fingerprint density at radius 1 is 1.11 bits per heavy atom. The van der Waals surface area contributed by atoms with E-state index in [2.05, 4.69) is 39.5 Å². The average Bonchev–Trinajstić information content (AvgIpc) is 3.09. The molecule has 28 heavy (non-hydrogen) atoms. The van der Waals surface area contributed by atoms with E-state index >= 15 is 0 Å². The van der Waals surface area contributed by atoms with Crippen molar-refractivity contribution in [3.63, 3.8) is 0 Å². The minimum atomic E-state index is -0.147. The maximum absolute atomic E-state index is 12.2. The first-order valence-corrected chi connectivity index (χ1v) is 9.87. The van der Waals surface area contributed by atoms with Gasteiger partial charge >= 0.3 is 0 Å². The van der Waals surface area contributed by atoms with Gasteiger partial charge in [0, 0.05) is 37.0 Å². The topological polar surface area (TPSA) is 45.2 Å². The quantitative estimate of drug-likeness (QED) is 0.615. The molecule has 4 nitrogen and oxygen atoms in total. The Morgan fingerprint density at radius 2 is 1.82 bits per heavy atom. The Kier molecular flexibility index (Phi) is 6.98. The number of carbonyl (C=O) groups excluding carboxylic acids is 1. The first kappa shape index (κ1) is 20.3. The van der Waals surface area contributed by atoms with E-state index in [1.165, 1.54) is 10.4 Å². The number of fused-ring (bicyclic) bond motifs is 1. The first-order chi connectivity index (χ1) is 13.3. The second-order valence-corrected chi connectivity index (χ2v) is 7.65. The molecule has 3 aromatic rings. The summed E-state index contributed by atoms with van der Waals surface area (Å²) in [4.78, 5) is 20.5. The zero-order valence-corrected chi connectivity index (χ0v) is 17.0. The number of hydrogen-bond donors (Lipinski definition) is 1. The molecule has 0 saturated carbocycles. The number of hydrogen-bond acceptors (Lipinski definition) is 4. The highest BCUT2D eigenvalue weighted by Crippen LogP contribution is 2.29. The van der Waals surface area contributed by atoms with Crippen molar-refractivity contribution in [3.05, 3.63) is 88.4 Å². The van der Waals surface area contributed by atoms with Gasteiger partial charge in [0.25, 0.3) is 0 Å². The van der Waals surface area contributed by atoms with Gasteiger partial charge in [0.2, 0.25) is 5.91 Å². The van der Waals surface area contributed by atoms with Crippen LogP contribution in [0.1, 0.15) is 21.7 Å². The van der Waals surface area contributed by atoms with Gasteiger partial charge < -0.3 is 0 Å². The van der Waals surface area contributed by atoms with E-state index in [1.54, 1.807) is 17.4 Å². The molecule has 0 saturated heterocycles. The number of benzene rings is 2. The summed E-state index contributed by atoms with van der Waals surface area (Å²) in [5.41, 5.74) is 3.44. The number of aromatic nitrogens is 1. The Labute approximate surface area is 175 Å². The molecule has 2 aromatic carbocycles. The summed E-state index contributed by atoms with van der Waals surface area (Å²) in [5.74, 6) is -0.147. The summed E-state index contributed by atoms with van der Waals surface area (Å²) >= 11 is 1.58. The molecule has 0 aliphatic carbocycles. The van der Waals surface area contributed by atoms with Gasteiger partial charge in [0.05, 0.1) is 5.69 Å².